The molecule has 128 valence electrons. The Morgan fingerprint density at radius 3 is 2.21 bits per heavy atom. The number of carbonyl (C=O) groups is 1. The van der Waals surface area contributed by atoms with Crippen molar-refractivity contribution in [3.8, 4) is 5.69 Å². The number of likely N-dealkylation sites (tertiary alicyclic amines) is 1. The van der Waals surface area contributed by atoms with Gasteiger partial charge in [0, 0.05) is 42.8 Å². The summed E-state index contributed by atoms with van der Waals surface area (Å²) in [5.41, 5.74) is 1.66. The Bertz CT molecular complexity index is 790. The van der Waals surface area contributed by atoms with Crippen LogP contribution >= 0.6 is 0 Å². The van der Waals surface area contributed by atoms with Gasteiger partial charge in [-0.3, -0.25) is 4.79 Å². The largest absolute Gasteiger partial charge is 0.339 e. The number of piperidine rings is 1. The molecule has 0 atom stereocenters. The van der Waals surface area contributed by atoms with Crippen LogP contribution in [0.2, 0.25) is 0 Å². The normalized spacial score (nSPS) is 16.3. The lowest BCUT2D eigenvalue weighted by Crippen LogP contribution is -2.46. The summed E-state index contributed by atoms with van der Waals surface area (Å²) in [6.07, 6.45) is 6.35. The van der Waals surface area contributed by atoms with E-state index in [1.807, 2.05) is 53.4 Å². The summed E-state index contributed by atoms with van der Waals surface area (Å²) in [5, 5.41) is 0. The number of sulfonamides is 1. The van der Waals surface area contributed by atoms with Crippen molar-refractivity contribution in [3.63, 3.8) is 0 Å². The first-order chi connectivity index (χ1) is 11.4. The first-order valence-electron chi connectivity index (χ1n) is 7.92. The minimum Gasteiger partial charge on any atom is -0.339 e. The number of amides is 1. The molecule has 2 heterocycles. The van der Waals surface area contributed by atoms with Crippen LogP contribution in [0.4, 0.5) is 0 Å². The van der Waals surface area contributed by atoms with E-state index in [2.05, 4.69) is 4.72 Å². The lowest BCUT2D eigenvalue weighted by molar-refractivity contribution is 0.0711. The smallest absolute Gasteiger partial charge is 0.253 e. The summed E-state index contributed by atoms with van der Waals surface area (Å²) in [4.78, 5) is 14.4. The molecule has 0 saturated carbocycles. The van der Waals surface area contributed by atoms with Crippen molar-refractivity contribution in [2.45, 2.75) is 18.9 Å². The zero-order chi connectivity index (χ0) is 17.2. The zero-order valence-electron chi connectivity index (χ0n) is 13.6. The van der Waals surface area contributed by atoms with Gasteiger partial charge in [0.2, 0.25) is 10.0 Å². The third-order valence-corrected chi connectivity index (χ3v) is 4.94. The number of aromatic nitrogens is 1. The van der Waals surface area contributed by atoms with Crippen molar-refractivity contribution in [2.75, 3.05) is 19.3 Å². The predicted octanol–water partition coefficient (Wildman–Crippen LogP) is 1.63. The number of rotatable bonds is 4. The van der Waals surface area contributed by atoms with Crippen molar-refractivity contribution in [1.29, 1.82) is 0 Å². The van der Waals surface area contributed by atoms with Crippen molar-refractivity contribution >= 4 is 15.9 Å². The first kappa shape index (κ1) is 16.7. The number of benzene rings is 1. The van der Waals surface area contributed by atoms with E-state index in [4.69, 9.17) is 0 Å². The summed E-state index contributed by atoms with van der Waals surface area (Å²) in [6, 6.07) is 11.3. The van der Waals surface area contributed by atoms with Gasteiger partial charge < -0.3 is 9.47 Å². The molecule has 3 rings (SSSR count). The van der Waals surface area contributed by atoms with Gasteiger partial charge in [-0.25, -0.2) is 13.1 Å². The van der Waals surface area contributed by atoms with E-state index in [0.717, 1.165) is 11.9 Å². The van der Waals surface area contributed by atoms with Crippen LogP contribution < -0.4 is 4.72 Å². The highest BCUT2D eigenvalue weighted by atomic mass is 32.2. The third kappa shape index (κ3) is 4.04. The molecule has 1 amide bonds. The fourth-order valence-corrected chi connectivity index (χ4v) is 3.81. The number of hydrogen-bond donors (Lipinski definition) is 1. The maximum atomic E-state index is 12.6. The summed E-state index contributed by atoms with van der Waals surface area (Å²) in [6.45, 7) is 1.12. The second-order valence-corrected chi connectivity index (χ2v) is 7.87. The van der Waals surface area contributed by atoms with Gasteiger partial charge in [0.15, 0.2) is 0 Å². The monoisotopic (exact) mass is 347 g/mol. The molecular weight excluding hydrogens is 326 g/mol. The highest BCUT2D eigenvalue weighted by Gasteiger charge is 2.25. The van der Waals surface area contributed by atoms with Gasteiger partial charge in [-0.2, -0.15) is 0 Å². The lowest BCUT2D eigenvalue weighted by Gasteiger charge is -2.32. The van der Waals surface area contributed by atoms with Gasteiger partial charge >= 0.3 is 0 Å². The second kappa shape index (κ2) is 6.78. The molecule has 1 aromatic carbocycles. The zero-order valence-corrected chi connectivity index (χ0v) is 14.4. The predicted molar refractivity (Wildman–Crippen MR) is 92.7 cm³/mol. The quantitative estimate of drug-likeness (QED) is 0.914. The standard InChI is InChI=1S/C17H21N3O3S/c1-24(22,23)18-15-8-12-20(13-9-15)17(21)14-4-6-16(7-5-14)19-10-2-3-11-19/h2-7,10-11,15,18H,8-9,12-13H2,1H3. The SMILES string of the molecule is CS(=O)(=O)NC1CCN(C(=O)c2ccc(-n3cccc3)cc2)CC1. The average molecular weight is 347 g/mol. The Morgan fingerprint density at radius 2 is 1.67 bits per heavy atom. The molecule has 0 radical (unpaired) electrons. The number of nitrogens with zero attached hydrogens (tertiary/aromatic N) is 2. The van der Waals surface area contributed by atoms with Gasteiger partial charge in [-0.15, -0.1) is 0 Å². The Labute approximate surface area is 142 Å². The first-order valence-corrected chi connectivity index (χ1v) is 9.81. The van der Waals surface area contributed by atoms with Crippen LogP contribution in [0.25, 0.3) is 5.69 Å². The van der Waals surface area contributed by atoms with Gasteiger partial charge in [0.25, 0.3) is 5.91 Å². The molecule has 0 bridgehead atoms. The summed E-state index contributed by atoms with van der Waals surface area (Å²) >= 11 is 0. The fourth-order valence-electron chi connectivity index (χ4n) is 2.97. The number of hydrogen-bond acceptors (Lipinski definition) is 3. The molecule has 0 aliphatic carbocycles. The maximum Gasteiger partial charge on any atom is 0.253 e. The molecule has 0 unspecified atom stereocenters. The summed E-state index contributed by atoms with van der Waals surface area (Å²) in [5.74, 6) is -0.00754. The van der Waals surface area contributed by atoms with Gasteiger partial charge in [0.1, 0.15) is 0 Å². The highest BCUT2D eigenvalue weighted by molar-refractivity contribution is 7.88. The molecule has 2 aromatic rings. The fraction of sp³-hybridized carbons (Fsp3) is 0.353. The van der Waals surface area contributed by atoms with Gasteiger partial charge in [-0.1, -0.05) is 0 Å². The van der Waals surface area contributed by atoms with Crippen LogP contribution in [0.1, 0.15) is 23.2 Å². The molecule has 0 spiro atoms. The summed E-state index contributed by atoms with van der Waals surface area (Å²) < 4.78 is 27.1. The van der Waals surface area contributed by atoms with Crippen molar-refractivity contribution < 1.29 is 13.2 Å². The van der Waals surface area contributed by atoms with Crippen molar-refractivity contribution in [2.24, 2.45) is 0 Å². The molecule has 7 heteroatoms. The lowest BCUT2D eigenvalue weighted by atomic mass is 10.0. The maximum absolute atomic E-state index is 12.6. The van der Waals surface area contributed by atoms with E-state index in [1.54, 1.807) is 4.90 Å². The van der Waals surface area contributed by atoms with E-state index in [-0.39, 0.29) is 11.9 Å². The minimum absolute atomic E-state index is 0.00754. The molecule has 6 nitrogen and oxygen atoms in total. The Balaban J connectivity index is 1.61. The highest BCUT2D eigenvalue weighted by Crippen LogP contribution is 2.16. The molecule has 1 aromatic heterocycles. The number of carbonyl (C=O) groups excluding carboxylic acids is 1. The van der Waals surface area contributed by atoms with Crippen LogP contribution in [0, 0.1) is 0 Å². The molecule has 1 N–H and O–H groups in total. The molecule has 1 saturated heterocycles. The third-order valence-electron chi connectivity index (χ3n) is 4.18. The molecule has 1 fully saturated rings. The van der Waals surface area contributed by atoms with Gasteiger partial charge in [0.05, 0.1) is 6.26 Å². The van der Waals surface area contributed by atoms with Crippen LogP contribution in [0.5, 0.6) is 0 Å². The van der Waals surface area contributed by atoms with E-state index in [9.17, 15) is 13.2 Å². The van der Waals surface area contributed by atoms with E-state index in [1.165, 1.54) is 0 Å². The second-order valence-electron chi connectivity index (χ2n) is 6.09. The average Bonchev–Trinajstić information content (AvgIpc) is 3.08. The van der Waals surface area contributed by atoms with Crippen molar-refractivity contribution in [1.82, 2.24) is 14.2 Å². The Hall–Kier alpha value is -2.12. The van der Waals surface area contributed by atoms with E-state index >= 15 is 0 Å². The van der Waals surface area contributed by atoms with Crippen LogP contribution in [-0.2, 0) is 10.0 Å². The summed E-state index contributed by atoms with van der Waals surface area (Å²) in [7, 11) is -3.20. The molecule has 1 aliphatic heterocycles. The van der Waals surface area contributed by atoms with Gasteiger partial charge in [-0.05, 0) is 49.2 Å². The van der Waals surface area contributed by atoms with Crippen molar-refractivity contribution in [3.05, 3.63) is 54.4 Å². The van der Waals surface area contributed by atoms with Crippen LogP contribution in [-0.4, -0.2) is 49.2 Å². The van der Waals surface area contributed by atoms with E-state index < -0.39 is 10.0 Å². The van der Waals surface area contributed by atoms with Crippen LogP contribution in [0.15, 0.2) is 48.8 Å². The minimum atomic E-state index is -3.20. The molecular formula is C17H21N3O3S. The Morgan fingerprint density at radius 1 is 1.08 bits per heavy atom. The topological polar surface area (TPSA) is 71.4 Å². The number of nitrogens with one attached hydrogen (secondary N) is 1. The Kier molecular flexibility index (Phi) is 4.73. The van der Waals surface area contributed by atoms with E-state index in [0.29, 0.717) is 31.5 Å². The molecule has 1 aliphatic rings. The molecule has 24 heavy (non-hydrogen) atoms. The van der Waals surface area contributed by atoms with Crippen LogP contribution in [0.3, 0.4) is 0 Å².